The number of aromatic nitrogens is 1. The van der Waals surface area contributed by atoms with Gasteiger partial charge in [-0.2, -0.15) is 0 Å². The average molecular weight is 524 g/mol. The molecule has 7 atom stereocenters. The number of thiazole rings is 1. The number of rotatable bonds is 14. The Morgan fingerprint density at radius 2 is 1.94 bits per heavy atom. The Labute approximate surface area is 220 Å². The monoisotopic (exact) mass is 523 g/mol. The zero-order chi connectivity index (χ0) is 27.4. The summed E-state index contributed by atoms with van der Waals surface area (Å²) in [6.45, 7) is 16.7. The van der Waals surface area contributed by atoms with E-state index in [4.69, 9.17) is 9.47 Å². The van der Waals surface area contributed by atoms with Crippen molar-refractivity contribution in [2.24, 2.45) is 17.3 Å². The van der Waals surface area contributed by atoms with Gasteiger partial charge in [0, 0.05) is 17.7 Å². The van der Waals surface area contributed by atoms with Gasteiger partial charge in [-0.15, -0.1) is 11.3 Å². The van der Waals surface area contributed by atoms with E-state index in [-0.39, 0.29) is 29.8 Å². The van der Waals surface area contributed by atoms with Crippen LogP contribution in [-0.2, 0) is 19.1 Å². The van der Waals surface area contributed by atoms with Crippen LogP contribution in [0.2, 0.25) is 0 Å². The van der Waals surface area contributed by atoms with Gasteiger partial charge in [-0.05, 0) is 44.8 Å². The quantitative estimate of drug-likeness (QED) is 0.257. The van der Waals surface area contributed by atoms with E-state index in [0.29, 0.717) is 6.42 Å². The maximum atomic E-state index is 13.1. The molecule has 7 nitrogen and oxygen atoms in total. The van der Waals surface area contributed by atoms with Gasteiger partial charge in [-0.3, -0.25) is 9.59 Å². The van der Waals surface area contributed by atoms with E-state index < -0.39 is 35.6 Å². The first-order chi connectivity index (χ1) is 16.7. The summed E-state index contributed by atoms with van der Waals surface area (Å²) in [7, 11) is 0. The third-order valence-electron chi connectivity index (χ3n) is 7.94. The van der Waals surface area contributed by atoms with E-state index in [1.54, 1.807) is 32.1 Å². The van der Waals surface area contributed by atoms with Crippen molar-refractivity contribution in [3.05, 3.63) is 21.7 Å². The van der Waals surface area contributed by atoms with Crippen LogP contribution in [0.3, 0.4) is 0 Å². The number of hydrogen-bond donors (Lipinski definition) is 2. The lowest BCUT2D eigenvalue weighted by atomic mass is 9.73. The van der Waals surface area contributed by atoms with Crippen molar-refractivity contribution in [2.45, 2.75) is 118 Å². The van der Waals surface area contributed by atoms with Gasteiger partial charge in [0.25, 0.3) is 0 Å². The highest BCUT2D eigenvalue weighted by Crippen LogP contribution is 2.43. The molecule has 1 aliphatic rings. The van der Waals surface area contributed by atoms with Gasteiger partial charge in [0.05, 0.1) is 46.5 Å². The number of epoxide rings is 1. The summed E-state index contributed by atoms with van der Waals surface area (Å²) in [5.41, 5.74) is 0.221. The van der Waals surface area contributed by atoms with Crippen molar-refractivity contribution in [1.82, 2.24) is 4.98 Å². The Bertz CT molecular complexity index is 940. The molecule has 0 saturated carbocycles. The first-order valence-electron chi connectivity index (χ1n) is 13.0. The van der Waals surface area contributed by atoms with Crippen LogP contribution in [0.5, 0.6) is 0 Å². The van der Waals surface area contributed by atoms with E-state index in [1.807, 2.05) is 46.1 Å². The molecule has 1 saturated heterocycles. The molecule has 36 heavy (non-hydrogen) atoms. The predicted molar refractivity (Wildman–Crippen MR) is 143 cm³/mol. The summed E-state index contributed by atoms with van der Waals surface area (Å²) in [5, 5.41) is 24.3. The molecule has 2 N–H and O–H groups in total. The van der Waals surface area contributed by atoms with Crippen LogP contribution in [0.25, 0.3) is 6.08 Å². The number of carbonyl (C=O) groups is 2. The first-order valence-corrected chi connectivity index (χ1v) is 13.9. The lowest BCUT2D eigenvalue weighted by molar-refractivity contribution is -0.154. The van der Waals surface area contributed by atoms with Crippen LogP contribution in [0.4, 0.5) is 0 Å². The highest BCUT2D eigenvalue weighted by atomic mass is 32.1. The minimum absolute atomic E-state index is 0.0216. The number of aryl methyl sites for hydroxylation is 1. The molecule has 2 rings (SSSR count). The normalized spacial score (nSPS) is 24.5. The number of hydrogen-bond acceptors (Lipinski definition) is 8. The maximum Gasteiger partial charge on any atom is 0.309 e. The number of aliphatic hydroxyl groups excluding tert-OH is 2. The highest BCUT2D eigenvalue weighted by Gasteiger charge is 2.52. The second kappa shape index (κ2) is 12.3. The number of nitrogens with zero attached hydrogens (tertiary/aromatic N) is 1. The molecule has 1 aromatic rings. The predicted octanol–water partition coefficient (Wildman–Crippen LogP) is 5.11. The minimum atomic E-state index is -1.24. The molecule has 1 fully saturated rings. The van der Waals surface area contributed by atoms with Gasteiger partial charge >= 0.3 is 5.97 Å². The number of carbonyl (C=O) groups excluding carboxylic acids is 2. The second-order valence-corrected chi connectivity index (χ2v) is 12.2. The van der Waals surface area contributed by atoms with E-state index in [9.17, 15) is 19.8 Å². The fourth-order valence-electron chi connectivity index (χ4n) is 4.45. The van der Waals surface area contributed by atoms with Gasteiger partial charge in [-0.25, -0.2) is 4.98 Å². The summed E-state index contributed by atoms with van der Waals surface area (Å²) < 4.78 is 11.7. The highest BCUT2D eigenvalue weighted by molar-refractivity contribution is 7.09. The molecule has 0 aromatic carbocycles. The lowest BCUT2D eigenvalue weighted by Gasteiger charge is -2.34. The minimum Gasteiger partial charge on any atom is -0.458 e. The topological polar surface area (TPSA) is 109 Å². The SMILES string of the molecule is CC[C@H](C)[C@H](O)[C@@H](C)C(=O)C(C)(C)[C@@H](O)CC(=O)O[C@@H](C[C@@H]1O[C@]1(C)CC)C(C)=Cc1csc(C)n1. The molecule has 1 aliphatic heterocycles. The summed E-state index contributed by atoms with van der Waals surface area (Å²) in [5.74, 6) is -1.55. The number of ketones is 1. The van der Waals surface area contributed by atoms with Gasteiger partial charge in [0.15, 0.2) is 0 Å². The Kier molecular flexibility index (Phi) is 10.5. The number of Topliss-reactive ketones (excluding diaryl/α,β-unsaturated/α-hetero) is 1. The molecule has 0 bridgehead atoms. The Balaban J connectivity index is 2.11. The number of ether oxygens (including phenoxy) is 2. The van der Waals surface area contributed by atoms with E-state index in [0.717, 1.165) is 29.1 Å². The first kappa shape index (κ1) is 30.6. The Morgan fingerprint density at radius 1 is 1.31 bits per heavy atom. The van der Waals surface area contributed by atoms with Crippen LogP contribution < -0.4 is 0 Å². The molecule has 2 heterocycles. The summed E-state index contributed by atoms with van der Waals surface area (Å²) in [6, 6.07) is 0. The summed E-state index contributed by atoms with van der Waals surface area (Å²) >= 11 is 1.55. The van der Waals surface area contributed by atoms with E-state index in [2.05, 4.69) is 11.9 Å². The fourth-order valence-corrected chi connectivity index (χ4v) is 5.02. The van der Waals surface area contributed by atoms with Crippen molar-refractivity contribution < 1.29 is 29.3 Å². The van der Waals surface area contributed by atoms with Gasteiger partial charge < -0.3 is 19.7 Å². The van der Waals surface area contributed by atoms with E-state index in [1.165, 1.54) is 0 Å². The van der Waals surface area contributed by atoms with Gasteiger partial charge in [-0.1, -0.05) is 48.0 Å². The largest absolute Gasteiger partial charge is 0.458 e. The van der Waals surface area contributed by atoms with Crippen LogP contribution in [0, 0.1) is 24.2 Å². The van der Waals surface area contributed by atoms with Crippen LogP contribution in [0.1, 0.15) is 91.8 Å². The third kappa shape index (κ3) is 7.46. The molecular formula is C28H45NO6S. The summed E-state index contributed by atoms with van der Waals surface area (Å²) in [6.07, 6.45) is 1.11. The number of aliphatic hydroxyl groups is 2. The lowest BCUT2D eigenvalue weighted by Crippen LogP contribution is -2.45. The van der Waals surface area contributed by atoms with Crippen LogP contribution in [0.15, 0.2) is 11.0 Å². The standard InChI is InChI=1S/C28H45NO6S/c1-10-16(3)25(32)18(5)26(33)27(7,8)22(30)14-24(31)34-21(13-23-28(9,11-2)35-23)17(4)12-20-15-36-19(6)29-20/h12,15-16,18,21-23,25,30,32H,10-11,13-14H2,1-9H3/t16-,18+,21-,22-,23-,25-,28+/m0/s1. The molecule has 204 valence electrons. The Morgan fingerprint density at radius 3 is 2.44 bits per heavy atom. The molecular weight excluding hydrogens is 478 g/mol. The van der Waals surface area contributed by atoms with Gasteiger partial charge in [0.2, 0.25) is 0 Å². The van der Waals surface area contributed by atoms with Crippen molar-refractivity contribution in [3.63, 3.8) is 0 Å². The van der Waals surface area contributed by atoms with E-state index >= 15 is 0 Å². The average Bonchev–Trinajstić information content (AvgIpc) is 3.29. The van der Waals surface area contributed by atoms with Crippen molar-refractivity contribution in [2.75, 3.05) is 0 Å². The molecule has 0 unspecified atom stereocenters. The molecule has 0 radical (unpaired) electrons. The van der Waals surface area contributed by atoms with Crippen LogP contribution >= 0.6 is 11.3 Å². The zero-order valence-electron chi connectivity index (χ0n) is 23.3. The summed E-state index contributed by atoms with van der Waals surface area (Å²) in [4.78, 5) is 30.6. The third-order valence-corrected chi connectivity index (χ3v) is 8.73. The molecule has 0 amide bonds. The molecule has 0 spiro atoms. The molecule has 8 heteroatoms. The zero-order valence-corrected chi connectivity index (χ0v) is 24.1. The number of esters is 1. The second-order valence-electron chi connectivity index (χ2n) is 11.1. The smallest absolute Gasteiger partial charge is 0.309 e. The molecule has 0 aliphatic carbocycles. The van der Waals surface area contributed by atoms with Crippen molar-refractivity contribution in [1.29, 1.82) is 0 Å². The van der Waals surface area contributed by atoms with Crippen LogP contribution in [-0.4, -0.2) is 57.0 Å². The van der Waals surface area contributed by atoms with Crippen molar-refractivity contribution >= 4 is 29.2 Å². The fraction of sp³-hybridized carbons (Fsp3) is 0.750. The Hall–Kier alpha value is -1.61. The van der Waals surface area contributed by atoms with Crippen molar-refractivity contribution in [3.8, 4) is 0 Å². The molecule has 1 aromatic heterocycles. The maximum absolute atomic E-state index is 13.1. The van der Waals surface area contributed by atoms with Gasteiger partial charge in [0.1, 0.15) is 11.9 Å².